The van der Waals surface area contributed by atoms with Crippen LogP contribution in [0.25, 0.3) is 27.6 Å². The van der Waals surface area contributed by atoms with Crippen LogP contribution in [0.1, 0.15) is 64.1 Å². The molecule has 1 fully saturated rings. The summed E-state index contributed by atoms with van der Waals surface area (Å²) in [6.07, 6.45) is -3.39. The van der Waals surface area contributed by atoms with Crippen molar-refractivity contribution in [2.75, 3.05) is 0 Å². The second-order valence-electron chi connectivity index (χ2n) is 11.1. The van der Waals surface area contributed by atoms with Gasteiger partial charge in [0.15, 0.2) is 0 Å². The van der Waals surface area contributed by atoms with Crippen LogP contribution in [0.2, 0.25) is 0 Å². The Morgan fingerprint density at radius 3 is 2.49 bits per heavy atom. The standard InChI is InChI=1S/C29H32F3N5O2/c1-15(2)11-22(27(38)37-28(14-33)9-10-28)36-26(29(30,31)32)19-5-7-20-21-12-18(25-16(3)34-17(4)35-25)6-8-23(21)39-24(20)13-19/h5-8,12-13,15,17,22,26,34-36H,9-11H2,1-4H3,(H,37,38). The van der Waals surface area contributed by atoms with Crippen molar-refractivity contribution in [1.82, 2.24) is 21.3 Å². The Balaban J connectivity index is 1.48. The molecule has 1 aliphatic heterocycles. The van der Waals surface area contributed by atoms with Crippen LogP contribution < -0.4 is 21.3 Å². The molecule has 1 aromatic heterocycles. The van der Waals surface area contributed by atoms with E-state index in [1.807, 2.05) is 45.9 Å². The van der Waals surface area contributed by atoms with Crippen LogP contribution in [0.5, 0.6) is 0 Å². The topological polar surface area (TPSA) is 102 Å². The molecule has 3 aromatic rings. The lowest BCUT2D eigenvalue weighted by Crippen LogP contribution is -2.52. The molecule has 206 valence electrons. The van der Waals surface area contributed by atoms with Crippen molar-refractivity contribution in [1.29, 1.82) is 5.26 Å². The minimum Gasteiger partial charge on any atom is -0.456 e. The average Bonchev–Trinajstić information content (AvgIpc) is 3.42. The van der Waals surface area contributed by atoms with E-state index in [9.17, 15) is 23.2 Å². The third kappa shape index (κ3) is 5.41. The lowest BCUT2D eigenvalue weighted by Gasteiger charge is -2.29. The number of hydrogen-bond donors (Lipinski definition) is 4. The number of carbonyl (C=O) groups excluding carboxylic acids is 1. The van der Waals surface area contributed by atoms with Crippen molar-refractivity contribution in [3.63, 3.8) is 0 Å². The number of furan rings is 1. The first-order valence-corrected chi connectivity index (χ1v) is 13.2. The van der Waals surface area contributed by atoms with Gasteiger partial charge in [-0.3, -0.25) is 10.1 Å². The molecule has 1 aliphatic carbocycles. The maximum Gasteiger partial charge on any atom is 0.407 e. The lowest BCUT2D eigenvalue weighted by atomic mass is 9.98. The first-order valence-electron chi connectivity index (χ1n) is 13.2. The highest BCUT2D eigenvalue weighted by molar-refractivity contribution is 6.06. The van der Waals surface area contributed by atoms with Crippen LogP contribution >= 0.6 is 0 Å². The summed E-state index contributed by atoms with van der Waals surface area (Å²) in [5, 5.41) is 22.8. The zero-order valence-electron chi connectivity index (χ0n) is 22.3. The summed E-state index contributed by atoms with van der Waals surface area (Å²) in [7, 11) is 0. The molecule has 0 spiro atoms. The quantitative estimate of drug-likeness (QED) is 0.298. The Bertz CT molecular complexity index is 1500. The van der Waals surface area contributed by atoms with Gasteiger partial charge in [-0.2, -0.15) is 18.4 Å². The molecule has 3 unspecified atom stereocenters. The van der Waals surface area contributed by atoms with E-state index in [0.29, 0.717) is 29.4 Å². The van der Waals surface area contributed by atoms with Gasteiger partial charge in [-0.05, 0) is 68.9 Å². The molecule has 5 rings (SSSR count). The minimum absolute atomic E-state index is 0.0438. The molecule has 39 heavy (non-hydrogen) atoms. The number of alkyl halides is 3. The van der Waals surface area contributed by atoms with Crippen molar-refractivity contribution in [3.05, 3.63) is 53.2 Å². The number of nitrogens with one attached hydrogen (secondary N) is 4. The van der Waals surface area contributed by atoms with Crippen LogP contribution in [0.4, 0.5) is 13.2 Å². The van der Waals surface area contributed by atoms with Crippen LogP contribution in [0, 0.1) is 17.2 Å². The highest BCUT2D eigenvalue weighted by Crippen LogP contribution is 2.38. The number of amides is 1. The number of allylic oxidation sites excluding steroid dienone is 1. The molecule has 1 amide bonds. The molecular weight excluding hydrogens is 507 g/mol. The fourth-order valence-electron chi connectivity index (χ4n) is 5.20. The van der Waals surface area contributed by atoms with Gasteiger partial charge in [0.2, 0.25) is 5.91 Å². The van der Waals surface area contributed by atoms with Crippen molar-refractivity contribution in [2.24, 2.45) is 5.92 Å². The van der Waals surface area contributed by atoms with Crippen LogP contribution in [0.3, 0.4) is 0 Å². The normalized spacial score (nSPS) is 20.0. The van der Waals surface area contributed by atoms with Crippen LogP contribution in [-0.4, -0.2) is 29.8 Å². The molecule has 3 atom stereocenters. The maximum atomic E-state index is 14.4. The molecule has 2 aliphatic rings. The summed E-state index contributed by atoms with van der Waals surface area (Å²) in [4.78, 5) is 13.0. The number of carbonyl (C=O) groups is 1. The molecular formula is C29H32F3N5O2. The second kappa shape index (κ2) is 9.79. The lowest BCUT2D eigenvalue weighted by molar-refractivity contribution is -0.161. The van der Waals surface area contributed by atoms with Gasteiger partial charge in [-0.1, -0.05) is 26.0 Å². The first-order chi connectivity index (χ1) is 18.4. The summed E-state index contributed by atoms with van der Waals surface area (Å²) in [5.74, 6) is -0.638. The van der Waals surface area contributed by atoms with E-state index < -0.39 is 29.7 Å². The number of halogens is 3. The molecule has 0 bridgehead atoms. The van der Waals surface area contributed by atoms with Crippen molar-refractivity contribution >= 4 is 33.5 Å². The summed E-state index contributed by atoms with van der Waals surface area (Å²) in [6.45, 7) is 7.67. The van der Waals surface area contributed by atoms with E-state index in [1.165, 1.54) is 12.1 Å². The number of benzene rings is 2. The Morgan fingerprint density at radius 1 is 1.15 bits per heavy atom. The smallest absolute Gasteiger partial charge is 0.407 e. The average molecular weight is 540 g/mol. The Hall–Kier alpha value is -3.71. The van der Waals surface area contributed by atoms with Gasteiger partial charge in [-0.25, -0.2) is 0 Å². The number of nitrogens with zero attached hydrogens (tertiary/aromatic N) is 1. The van der Waals surface area contributed by atoms with Gasteiger partial charge >= 0.3 is 6.18 Å². The molecule has 2 aromatic carbocycles. The van der Waals surface area contributed by atoms with E-state index in [4.69, 9.17) is 4.42 Å². The summed E-state index contributed by atoms with van der Waals surface area (Å²) in [6, 6.07) is 9.01. The second-order valence-corrected chi connectivity index (χ2v) is 11.1. The third-order valence-electron chi connectivity index (χ3n) is 7.33. The summed E-state index contributed by atoms with van der Waals surface area (Å²) >= 11 is 0. The Morgan fingerprint density at radius 2 is 1.90 bits per heavy atom. The van der Waals surface area contributed by atoms with E-state index in [0.717, 1.165) is 22.3 Å². The molecule has 0 radical (unpaired) electrons. The van der Waals surface area contributed by atoms with E-state index in [1.54, 1.807) is 6.07 Å². The van der Waals surface area contributed by atoms with Crippen molar-refractivity contribution in [2.45, 2.75) is 76.9 Å². The number of rotatable bonds is 8. The number of fused-ring (bicyclic) bond motifs is 3. The monoisotopic (exact) mass is 539 g/mol. The number of hydrogen-bond acceptors (Lipinski definition) is 6. The van der Waals surface area contributed by atoms with Gasteiger partial charge < -0.3 is 20.4 Å². The van der Waals surface area contributed by atoms with Gasteiger partial charge in [0.05, 0.1) is 24.0 Å². The Labute approximate surface area is 224 Å². The fraction of sp³-hybridized carbons (Fsp3) is 0.448. The van der Waals surface area contributed by atoms with Crippen LogP contribution in [-0.2, 0) is 4.79 Å². The highest BCUT2D eigenvalue weighted by Gasteiger charge is 2.47. The fourth-order valence-corrected chi connectivity index (χ4v) is 5.20. The maximum absolute atomic E-state index is 14.4. The minimum atomic E-state index is -4.67. The van der Waals surface area contributed by atoms with Gasteiger partial charge in [-0.15, -0.1) is 0 Å². The van der Waals surface area contributed by atoms with Crippen LogP contribution in [0.15, 0.2) is 46.5 Å². The SMILES string of the molecule is CC1=C(c2ccc3oc4cc(C(NC(CC(C)C)C(=O)NC5(C#N)CC5)C(F)(F)F)ccc4c3c2)NC(C)N1. The van der Waals surface area contributed by atoms with E-state index >= 15 is 0 Å². The zero-order valence-corrected chi connectivity index (χ0v) is 22.3. The summed E-state index contributed by atoms with van der Waals surface area (Å²) in [5.41, 5.74) is 2.82. The molecule has 2 heterocycles. The Kier molecular flexibility index (Phi) is 6.75. The highest BCUT2D eigenvalue weighted by atomic mass is 19.4. The molecule has 7 nitrogen and oxygen atoms in total. The molecule has 10 heteroatoms. The van der Waals surface area contributed by atoms with Gasteiger partial charge in [0.25, 0.3) is 0 Å². The molecule has 4 N–H and O–H groups in total. The predicted octanol–water partition coefficient (Wildman–Crippen LogP) is 5.59. The predicted molar refractivity (Wildman–Crippen MR) is 143 cm³/mol. The summed E-state index contributed by atoms with van der Waals surface area (Å²) < 4.78 is 49.1. The largest absolute Gasteiger partial charge is 0.456 e. The molecule has 0 saturated heterocycles. The van der Waals surface area contributed by atoms with E-state index in [-0.39, 0.29) is 24.1 Å². The molecule has 1 saturated carbocycles. The van der Waals surface area contributed by atoms with E-state index in [2.05, 4.69) is 27.3 Å². The third-order valence-corrected chi connectivity index (χ3v) is 7.33. The number of nitriles is 1. The van der Waals surface area contributed by atoms with Crippen molar-refractivity contribution < 1.29 is 22.4 Å². The first kappa shape index (κ1) is 26.9. The van der Waals surface area contributed by atoms with Gasteiger partial charge in [0.1, 0.15) is 22.7 Å². The van der Waals surface area contributed by atoms with Gasteiger partial charge in [0, 0.05) is 22.0 Å². The van der Waals surface area contributed by atoms with Crippen molar-refractivity contribution in [3.8, 4) is 6.07 Å². The zero-order chi connectivity index (χ0) is 28.1.